The number of amides is 2. The molecule has 0 saturated carbocycles. The van der Waals surface area contributed by atoms with E-state index in [0.29, 0.717) is 12.1 Å². The third kappa shape index (κ3) is 3.30. The summed E-state index contributed by atoms with van der Waals surface area (Å²) in [5.74, 6) is -1.11. The summed E-state index contributed by atoms with van der Waals surface area (Å²) < 4.78 is 5.17. The Kier molecular flexibility index (Phi) is 4.40. The largest absolute Gasteiger partial charge is 0.478 e. The molecule has 2 N–H and O–H groups in total. The summed E-state index contributed by atoms with van der Waals surface area (Å²) in [4.78, 5) is 24.9. The number of anilines is 1. The Balaban J connectivity index is 2.17. The normalized spacial score (nSPS) is 17.9. The van der Waals surface area contributed by atoms with Crippen molar-refractivity contribution in [1.29, 1.82) is 5.26 Å². The molecule has 7 heteroatoms. The summed E-state index contributed by atoms with van der Waals surface area (Å²) in [5.41, 5.74) is 0.969. The highest BCUT2D eigenvalue weighted by Crippen LogP contribution is 2.21. The van der Waals surface area contributed by atoms with Crippen LogP contribution in [0, 0.1) is 18.3 Å². The van der Waals surface area contributed by atoms with Crippen LogP contribution >= 0.6 is 0 Å². The quantitative estimate of drug-likeness (QED) is 0.857. The van der Waals surface area contributed by atoms with Gasteiger partial charge < -0.3 is 20.1 Å². The predicted octanol–water partition coefficient (Wildman–Crippen LogP) is 1.45. The summed E-state index contributed by atoms with van der Waals surface area (Å²) >= 11 is 0. The summed E-state index contributed by atoms with van der Waals surface area (Å²) in [6.07, 6.45) is -0.652. The van der Waals surface area contributed by atoms with E-state index in [9.17, 15) is 9.59 Å². The highest BCUT2D eigenvalue weighted by atomic mass is 16.5. The third-order valence-electron chi connectivity index (χ3n) is 3.23. The Bertz CT molecular complexity index is 609. The number of hydrogen-bond acceptors (Lipinski definition) is 4. The molecule has 0 aromatic heterocycles. The molecule has 0 aliphatic carbocycles. The van der Waals surface area contributed by atoms with Crippen molar-refractivity contribution in [2.75, 3.05) is 25.0 Å². The topological polar surface area (TPSA) is 103 Å². The first kappa shape index (κ1) is 14.8. The fourth-order valence-electron chi connectivity index (χ4n) is 2.11. The summed E-state index contributed by atoms with van der Waals surface area (Å²) in [5, 5.41) is 20.6. The summed E-state index contributed by atoms with van der Waals surface area (Å²) in [6, 6.07) is 6.30. The maximum Gasteiger partial charge on any atom is 0.337 e. The van der Waals surface area contributed by atoms with Crippen molar-refractivity contribution in [3.05, 3.63) is 29.3 Å². The SMILES string of the molecule is Cc1cccc(C(=O)O)c1NC(=O)N1CCOC(C#N)C1. The number of aryl methyl sites for hydroxylation is 1. The van der Waals surface area contributed by atoms with Gasteiger partial charge in [-0.15, -0.1) is 0 Å². The van der Waals surface area contributed by atoms with Crippen LogP contribution in [0.2, 0.25) is 0 Å². The average Bonchev–Trinajstić information content (AvgIpc) is 2.49. The number of carbonyl (C=O) groups excluding carboxylic acids is 1. The van der Waals surface area contributed by atoms with Crippen molar-refractivity contribution in [2.45, 2.75) is 13.0 Å². The molecule has 1 aromatic rings. The minimum absolute atomic E-state index is 0.0356. The smallest absolute Gasteiger partial charge is 0.337 e. The molecule has 2 rings (SSSR count). The number of nitriles is 1. The zero-order valence-electron chi connectivity index (χ0n) is 11.5. The second kappa shape index (κ2) is 6.24. The lowest BCUT2D eigenvalue weighted by molar-refractivity contribution is 0.0181. The second-order valence-corrected chi connectivity index (χ2v) is 4.67. The zero-order valence-corrected chi connectivity index (χ0v) is 11.5. The maximum absolute atomic E-state index is 12.2. The summed E-state index contributed by atoms with van der Waals surface area (Å²) in [6.45, 7) is 2.53. The highest BCUT2D eigenvalue weighted by molar-refractivity contribution is 6.01. The van der Waals surface area contributed by atoms with Crippen LogP contribution in [-0.4, -0.2) is 47.8 Å². The number of hydrogen-bond donors (Lipinski definition) is 2. The third-order valence-corrected chi connectivity index (χ3v) is 3.23. The fourth-order valence-corrected chi connectivity index (χ4v) is 2.11. The number of aromatic carboxylic acids is 1. The number of para-hydroxylation sites is 1. The van der Waals surface area contributed by atoms with E-state index >= 15 is 0 Å². The van der Waals surface area contributed by atoms with E-state index in [1.807, 2.05) is 6.07 Å². The molecule has 2 amide bonds. The molecule has 7 nitrogen and oxygen atoms in total. The van der Waals surface area contributed by atoms with Crippen molar-refractivity contribution < 1.29 is 19.4 Å². The van der Waals surface area contributed by atoms with Gasteiger partial charge in [0.2, 0.25) is 0 Å². The number of carbonyl (C=O) groups is 2. The lowest BCUT2D eigenvalue weighted by Crippen LogP contribution is -2.47. The highest BCUT2D eigenvalue weighted by Gasteiger charge is 2.25. The molecule has 1 heterocycles. The van der Waals surface area contributed by atoms with Crippen LogP contribution in [0.25, 0.3) is 0 Å². The second-order valence-electron chi connectivity index (χ2n) is 4.67. The molecule has 1 aliphatic rings. The first-order chi connectivity index (χ1) is 10.0. The standard InChI is InChI=1S/C14H15N3O4/c1-9-3-2-4-11(13(18)19)12(9)16-14(20)17-5-6-21-10(7-15)8-17/h2-4,10H,5-6,8H2,1H3,(H,16,20)(H,18,19). The minimum Gasteiger partial charge on any atom is -0.478 e. The van der Waals surface area contributed by atoms with Crippen molar-refractivity contribution in [1.82, 2.24) is 4.90 Å². The number of nitrogens with zero attached hydrogens (tertiary/aromatic N) is 2. The number of rotatable bonds is 2. The van der Waals surface area contributed by atoms with Gasteiger partial charge in [0.1, 0.15) is 0 Å². The van der Waals surface area contributed by atoms with Gasteiger partial charge in [0, 0.05) is 6.54 Å². The Morgan fingerprint density at radius 1 is 1.52 bits per heavy atom. The predicted molar refractivity (Wildman–Crippen MR) is 74.1 cm³/mol. The van der Waals surface area contributed by atoms with Crippen LogP contribution in [-0.2, 0) is 4.74 Å². The lowest BCUT2D eigenvalue weighted by atomic mass is 10.1. The van der Waals surface area contributed by atoms with Gasteiger partial charge in [-0.2, -0.15) is 5.26 Å². The molecule has 1 saturated heterocycles. The van der Waals surface area contributed by atoms with Gasteiger partial charge in [-0.3, -0.25) is 0 Å². The van der Waals surface area contributed by atoms with Crippen LogP contribution in [0.3, 0.4) is 0 Å². The van der Waals surface area contributed by atoms with Gasteiger partial charge in [0.05, 0.1) is 30.5 Å². The first-order valence-electron chi connectivity index (χ1n) is 6.43. The average molecular weight is 289 g/mol. The summed E-state index contributed by atoms with van der Waals surface area (Å²) in [7, 11) is 0. The van der Waals surface area contributed by atoms with Gasteiger partial charge in [-0.25, -0.2) is 9.59 Å². The number of ether oxygens (including phenoxy) is 1. The monoisotopic (exact) mass is 289 g/mol. The Hall–Kier alpha value is -2.59. The molecule has 21 heavy (non-hydrogen) atoms. The molecule has 0 radical (unpaired) electrons. The molecule has 0 bridgehead atoms. The van der Waals surface area contributed by atoms with Crippen LogP contribution in [0.5, 0.6) is 0 Å². The molecule has 1 atom stereocenters. The number of benzene rings is 1. The molecule has 1 aliphatic heterocycles. The number of carboxylic acids is 1. The van der Waals surface area contributed by atoms with Crippen LogP contribution in [0.1, 0.15) is 15.9 Å². The van der Waals surface area contributed by atoms with E-state index in [-0.39, 0.29) is 24.4 Å². The van der Waals surface area contributed by atoms with E-state index in [4.69, 9.17) is 15.1 Å². The van der Waals surface area contributed by atoms with Crippen molar-refractivity contribution >= 4 is 17.7 Å². The van der Waals surface area contributed by atoms with E-state index in [0.717, 1.165) is 0 Å². The van der Waals surface area contributed by atoms with Gasteiger partial charge in [0.15, 0.2) is 6.10 Å². The van der Waals surface area contributed by atoms with E-state index < -0.39 is 18.1 Å². The van der Waals surface area contributed by atoms with Crippen LogP contribution < -0.4 is 5.32 Å². The van der Waals surface area contributed by atoms with Crippen molar-refractivity contribution in [2.24, 2.45) is 0 Å². The van der Waals surface area contributed by atoms with Crippen LogP contribution in [0.15, 0.2) is 18.2 Å². The molecule has 110 valence electrons. The Morgan fingerprint density at radius 3 is 2.95 bits per heavy atom. The van der Waals surface area contributed by atoms with Gasteiger partial charge in [-0.1, -0.05) is 12.1 Å². The van der Waals surface area contributed by atoms with Crippen molar-refractivity contribution in [3.63, 3.8) is 0 Å². The van der Waals surface area contributed by atoms with Crippen molar-refractivity contribution in [3.8, 4) is 6.07 Å². The van der Waals surface area contributed by atoms with E-state index in [2.05, 4.69) is 5.32 Å². The van der Waals surface area contributed by atoms with E-state index in [1.165, 1.54) is 11.0 Å². The molecular formula is C14H15N3O4. The van der Waals surface area contributed by atoms with E-state index in [1.54, 1.807) is 19.1 Å². The molecule has 0 spiro atoms. The zero-order chi connectivity index (χ0) is 15.4. The molecule has 1 aromatic carbocycles. The molecule has 1 fully saturated rings. The maximum atomic E-state index is 12.2. The van der Waals surface area contributed by atoms with Crippen LogP contribution in [0.4, 0.5) is 10.5 Å². The molecular weight excluding hydrogens is 274 g/mol. The van der Waals surface area contributed by atoms with Gasteiger partial charge >= 0.3 is 12.0 Å². The Morgan fingerprint density at radius 2 is 2.29 bits per heavy atom. The minimum atomic E-state index is -1.11. The lowest BCUT2D eigenvalue weighted by Gasteiger charge is -2.30. The fraction of sp³-hybridized carbons (Fsp3) is 0.357. The molecule has 1 unspecified atom stereocenters. The van der Waals surface area contributed by atoms with Gasteiger partial charge in [0.25, 0.3) is 0 Å². The Labute approximate surface area is 121 Å². The first-order valence-corrected chi connectivity index (χ1v) is 6.43. The number of morpholine rings is 1. The number of nitrogens with one attached hydrogen (secondary N) is 1. The number of urea groups is 1. The number of carboxylic acid groups (broad SMARTS) is 1. The van der Waals surface area contributed by atoms with Gasteiger partial charge in [-0.05, 0) is 18.6 Å².